The van der Waals surface area contributed by atoms with E-state index in [1.54, 1.807) is 27.7 Å². The molecular formula is C22H24N4O5S2. The second-order valence-electron chi connectivity index (χ2n) is 7.61. The van der Waals surface area contributed by atoms with Crippen LogP contribution in [-0.2, 0) is 27.7 Å². The first kappa shape index (κ1) is 23.3. The van der Waals surface area contributed by atoms with E-state index >= 15 is 0 Å². The van der Waals surface area contributed by atoms with Gasteiger partial charge in [-0.3, -0.25) is 9.36 Å². The van der Waals surface area contributed by atoms with Gasteiger partial charge in [0.25, 0.3) is 5.56 Å². The quantitative estimate of drug-likeness (QED) is 0.278. The van der Waals surface area contributed by atoms with Crippen molar-refractivity contribution >= 4 is 38.8 Å². The minimum Gasteiger partial charge on any atom is -0.448 e. The number of fused-ring (bicyclic) bond motifs is 1. The van der Waals surface area contributed by atoms with E-state index in [1.807, 2.05) is 18.2 Å². The SMILES string of the molecule is NS(=O)(=O)c1ccc(CCn2c(SCCCN3CCOC3=O)nc3ccccc3c2=O)cc1. The predicted octanol–water partition coefficient (Wildman–Crippen LogP) is 2.22. The zero-order valence-corrected chi connectivity index (χ0v) is 19.5. The second-order valence-corrected chi connectivity index (χ2v) is 10.2. The lowest BCUT2D eigenvalue weighted by Gasteiger charge is -2.15. The molecule has 1 aliphatic heterocycles. The number of para-hydroxylation sites is 1. The van der Waals surface area contributed by atoms with E-state index in [9.17, 15) is 18.0 Å². The van der Waals surface area contributed by atoms with Crippen molar-refractivity contribution in [3.05, 3.63) is 64.4 Å². The number of hydrogen-bond acceptors (Lipinski definition) is 7. The lowest BCUT2D eigenvalue weighted by molar-refractivity contribution is 0.158. The van der Waals surface area contributed by atoms with Crippen molar-refractivity contribution in [2.45, 2.75) is 29.4 Å². The molecule has 174 valence electrons. The molecular weight excluding hydrogens is 464 g/mol. The van der Waals surface area contributed by atoms with Crippen LogP contribution in [0.25, 0.3) is 10.9 Å². The van der Waals surface area contributed by atoms with Gasteiger partial charge in [-0.1, -0.05) is 36.0 Å². The van der Waals surface area contributed by atoms with Crippen LogP contribution in [0.15, 0.2) is 63.4 Å². The highest BCUT2D eigenvalue weighted by Crippen LogP contribution is 2.20. The summed E-state index contributed by atoms with van der Waals surface area (Å²) in [6.45, 7) is 2.02. The molecule has 2 heterocycles. The summed E-state index contributed by atoms with van der Waals surface area (Å²) < 4.78 is 29.5. The lowest BCUT2D eigenvalue weighted by Crippen LogP contribution is -2.26. The summed E-state index contributed by atoms with van der Waals surface area (Å²) in [6, 6.07) is 13.6. The first-order valence-electron chi connectivity index (χ1n) is 10.5. The minimum absolute atomic E-state index is 0.0499. The monoisotopic (exact) mass is 488 g/mol. The van der Waals surface area contributed by atoms with Gasteiger partial charge in [0.1, 0.15) is 6.61 Å². The van der Waals surface area contributed by atoms with Gasteiger partial charge in [0.05, 0.1) is 22.3 Å². The van der Waals surface area contributed by atoms with Gasteiger partial charge in [-0.25, -0.2) is 23.3 Å². The number of carbonyl (C=O) groups is 1. The van der Waals surface area contributed by atoms with E-state index in [2.05, 4.69) is 0 Å². The van der Waals surface area contributed by atoms with E-state index in [0.717, 1.165) is 12.0 Å². The van der Waals surface area contributed by atoms with E-state index < -0.39 is 10.0 Å². The third kappa shape index (κ3) is 5.55. The van der Waals surface area contributed by atoms with Crippen LogP contribution in [0.1, 0.15) is 12.0 Å². The van der Waals surface area contributed by atoms with Gasteiger partial charge in [-0.2, -0.15) is 0 Å². The number of aryl methyl sites for hydroxylation is 1. The number of nitrogens with two attached hydrogens (primary N) is 1. The van der Waals surface area contributed by atoms with Gasteiger partial charge in [-0.15, -0.1) is 0 Å². The van der Waals surface area contributed by atoms with Crippen LogP contribution in [0.2, 0.25) is 0 Å². The van der Waals surface area contributed by atoms with Crippen LogP contribution in [0.3, 0.4) is 0 Å². The minimum atomic E-state index is -3.75. The molecule has 1 fully saturated rings. The molecule has 1 amide bonds. The number of hydrogen-bond donors (Lipinski definition) is 1. The van der Waals surface area contributed by atoms with Crippen LogP contribution in [0, 0.1) is 0 Å². The highest BCUT2D eigenvalue weighted by atomic mass is 32.2. The number of sulfonamides is 1. The van der Waals surface area contributed by atoms with Gasteiger partial charge in [0, 0.05) is 18.8 Å². The summed E-state index contributed by atoms with van der Waals surface area (Å²) in [4.78, 5) is 31.2. The van der Waals surface area contributed by atoms with Crippen molar-refractivity contribution in [3.63, 3.8) is 0 Å². The Hall–Kier alpha value is -2.89. The van der Waals surface area contributed by atoms with Gasteiger partial charge >= 0.3 is 6.09 Å². The number of rotatable bonds is 9. The van der Waals surface area contributed by atoms with E-state index in [4.69, 9.17) is 14.9 Å². The van der Waals surface area contributed by atoms with Crippen molar-refractivity contribution in [1.82, 2.24) is 14.5 Å². The van der Waals surface area contributed by atoms with Crippen molar-refractivity contribution in [1.29, 1.82) is 0 Å². The molecule has 4 rings (SSSR count). The van der Waals surface area contributed by atoms with Crippen molar-refractivity contribution in [3.8, 4) is 0 Å². The van der Waals surface area contributed by atoms with E-state index in [1.165, 1.54) is 23.9 Å². The highest BCUT2D eigenvalue weighted by Gasteiger charge is 2.21. The van der Waals surface area contributed by atoms with Gasteiger partial charge in [0.15, 0.2) is 5.16 Å². The maximum atomic E-state index is 13.2. The molecule has 9 nitrogen and oxygen atoms in total. The highest BCUT2D eigenvalue weighted by molar-refractivity contribution is 7.99. The van der Waals surface area contributed by atoms with E-state index in [0.29, 0.717) is 54.5 Å². The fourth-order valence-corrected chi connectivity index (χ4v) is 5.05. The van der Waals surface area contributed by atoms with Gasteiger partial charge < -0.3 is 9.64 Å². The molecule has 2 aromatic carbocycles. The number of thioether (sulfide) groups is 1. The van der Waals surface area contributed by atoms with Crippen molar-refractivity contribution < 1.29 is 17.9 Å². The molecule has 1 aromatic heterocycles. The average Bonchev–Trinajstić information content (AvgIpc) is 3.20. The molecule has 0 spiro atoms. The first-order chi connectivity index (χ1) is 15.8. The number of ether oxygens (including phenoxy) is 1. The predicted molar refractivity (Wildman–Crippen MR) is 126 cm³/mol. The third-order valence-electron chi connectivity index (χ3n) is 5.35. The van der Waals surface area contributed by atoms with Crippen LogP contribution in [0.4, 0.5) is 4.79 Å². The Morgan fingerprint density at radius 2 is 1.82 bits per heavy atom. The fourth-order valence-electron chi connectivity index (χ4n) is 3.59. The molecule has 11 heteroatoms. The number of cyclic esters (lactones) is 1. The number of primary sulfonamides is 1. The summed E-state index contributed by atoms with van der Waals surface area (Å²) in [6.07, 6.45) is 0.990. The Balaban J connectivity index is 1.50. The zero-order valence-electron chi connectivity index (χ0n) is 17.8. The second kappa shape index (κ2) is 9.94. The maximum absolute atomic E-state index is 13.2. The van der Waals surface area contributed by atoms with Gasteiger partial charge in [0.2, 0.25) is 10.0 Å². The molecule has 0 aliphatic carbocycles. The first-order valence-corrected chi connectivity index (χ1v) is 13.0. The topological polar surface area (TPSA) is 125 Å². The molecule has 0 radical (unpaired) electrons. The fraction of sp³-hybridized carbons (Fsp3) is 0.318. The molecule has 3 aromatic rings. The standard InChI is InChI=1S/C22H24N4O5S2/c23-33(29,30)17-8-6-16(7-9-17)10-12-26-20(27)18-4-1-2-5-19(18)24-21(26)32-15-3-11-25-13-14-31-22(25)28/h1-2,4-9H,3,10-15H2,(H2,23,29,30). The Bertz CT molecular complexity index is 1320. The Morgan fingerprint density at radius 3 is 2.52 bits per heavy atom. The largest absolute Gasteiger partial charge is 0.448 e. The Labute approximate surface area is 195 Å². The molecule has 0 bridgehead atoms. The van der Waals surface area contributed by atoms with Crippen molar-refractivity contribution in [2.75, 3.05) is 25.4 Å². The molecule has 2 N–H and O–H groups in total. The number of aromatic nitrogens is 2. The molecule has 1 saturated heterocycles. The summed E-state index contributed by atoms with van der Waals surface area (Å²) in [5.41, 5.74) is 1.40. The smallest absolute Gasteiger partial charge is 0.409 e. The summed E-state index contributed by atoms with van der Waals surface area (Å²) in [5.74, 6) is 0.692. The Morgan fingerprint density at radius 1 is 1.06 bits per heavy atom. The molecule has 0 atom stereocenters. The number of carbonyl (C=O) groups excluding carboxylic acids is 1. The third-order valence-corrected chi connectivity index (χ3v) is 7.34. The summed E-state index contributed by atoms with van der Waals surface area (Å²) in [7, 11) is -3.75. The van der Waals surface area contributed by atoms with Crippen LogP contribution < -0.4 is 10.7 Å². The van der Waals surface area contributed by atoms with Crippen LogP contribution in [0.5, 0.6) is 0 Å². The molecule has 0 unspecified atom stereocenters. The van der Waals surface area contributed by atoms with Gasteiger partial charge in [-0.05, 0) is 42.7 Å². The number of benzene rings is 2. The molecule has 1 aliphatic rings. The summed E-state index contributed by atoms with van der Waals surface area (Å²) >= 11 is 1.48. The zero-order chi connectivity index (χ0) is 23.4. The van der Waals surface area contributed by atoms with Crippen molar-refractivity contribution in [2.24, 2.45) is 5.14 Å². The number of nitrogens with zero attached hydrogens (tertiary/aromatic N) is 3. The summed E-state index contributed by atoms with van der Waals surface area (Å²) in [5, 5.41) is 6.32. The maximum Gasteiger partial charge on any atom is 0.409 e. The lowest BCUT2D eigenvalue weighted by atomic mass is 10.1. The molecule has 0 saturated carbocycles. The van der Waals surface area contributed by atoms with Crippen LogP contribution in [-0.4, -0.2) is 54.4 Å². The normalized spacial score (nSPS) is 14.1. The Kier molecular flexibility index (Phi) is 7.01. The van der Waals surface area contributed by atoms with Crippen LogP contribution >= 0.6 is 11.8 Å². The van der Waals surface area contributed by atoms with E-state index in [-0.39, 0.29) is 16.5 Å². The molecule has 33 heavy (non-hydrogen) atoms. The average molecular weight is 489 g/mol. The number of amides is 1.